The Morgan fingerprint density at radius 3 is 2.78 bits per heavy atom. The predicted molar refractivity (Wildman–Crippen MR) is 102 cm³/mol. The number of nitrogens with one attached hydrogen (secondary N) is 2. The molecule has 0 unspecified atom stereocenters. The van der Waals surface area contributed by atoms with Crippen LogP contribution in [0.15, 0.2) is 59.1 Å². The fourth-order valence-corrected chi connectivity index (χ4v) is 3.12. The summed E-state index contributed by atoms with van der Waals surface area (Å²) in [6, 6.07) is 15.0. The molecule has 3 N–H and O–H groups in total. The summed E-state index contributed by atoms with van der Waals surface area (Å²) in [6.07, 6.45) is 1.54. The van der Waals surface area contributed by atoms with Crippen molar-refractivity contribution in [1.29, 1.82) is 5.41 Å². The second-order valence-electron chi connectivity index (χ2n) is 6.24. The van der Waals surface area contributed by atoms with Gasteiger partial charge in [0.2, 0.25) is 5.55 Å². The van der Waals surface area contributed by atoms with Crippen LogP contribution in [0.5, 0.6) is 0 Å². The first-order chi connectivity index (χ1) is 13.1. The SMILES string of the molecule is Cc1ncc(CO)c2cc(C(=O)Nc3cccc4ccccc34)c(=N)oc12. The molecule has 1 amide bonds. The molecule has 0 aliphatic carbocycles. The molecule has 2 heterocycles. The van der Waals surface area contributed by atoms with E-state index in [0.29, 0.717) is 27.9 Å². The molecule has 27 heavy (non-hydrogen) atoms. The van der Waals surface area contributed by atoms with E-state index in [9.17, 15) is 9.90 Å². The highest BCUT2D eigenvalue weighted by Gasteiger charge is 2.16. The number of aliphatic hydroxyl groups excluding tert-OH is 1. The van der Waals surface area contributed by atoms with Gasteiger partial charge in [-0.1, -0.05) is 36.4 Å². The molecule has 0 aliphatic heterocycles. The minimum absolute atomic E-state index is 0.0933. The van der Waals surface area contributed by atoms with Crippen LogP contribution in [-0.2, 0) is 6.61 Å². The average Bonchev–Trinajstić information content (AvgIpc) is 2.68. The van der Waals surface area contributed by atoms with E-state index in [-0.39, 0.29) is 17.7 Å². The number of benzene rings is 2. The van der Waals surface area contributed by atoms with Crippen molar-refractivity contribution >= 4 is 33.3 Å². The normalized spacial score (nSPS) is 11.0. The van der Waals surface area contributed by atoms with Crippen molar-refractivity contribution < 1.29 is 14.3 Å². The largest absolute Gasteiger partial charge is 0.436 e. The molecule has 0 saturated carbocycles. The average molecular weight is 359 g/mol. The molecule has 0 bridgehead atoms. The fraction of sp³-hybridized carbons (Fsp3) is 0.0952. The number of aryl methyl sites for hydroxylation is 1. The van der Waals surface area contributed by atoms with Crippen molar-refractivity contribution in [3.8, 4) is 0 Å². The molecule has 2 aromatic heterocycles. The number of carbonyl (C=O) groups excluding carboxylic acids is 1. The third-order valence-electron chi connectivity index (χ3n) is 4.52. The summed E-state index contributed by atoms with van der Waals surface area (Å²) < 4.78 is 5.54. The third kappa shape index (κ3) is 2.96. The molecule has 4 rings (SSSR count). The first-order valence-electron chi connectivity index (χ1n) is 8.45. The first-order valence-corrected chi connectivity index (χ1v) is 8.45. The van der Waals surface area contributed by atoms with Gasteiger partial charge in [0.1, 0.15) is 5.56 Å². The second kappa shape index (κ2) is 6.66. The van der Waals surface area contributed by atoms with Crippen LogP contribution in [0.2, 0.25) is 0 Å². The van der Waals surface area contributed by atoms with Crippen molar-refractivity contribution in [2.45, 2.75) is 13.5 Å². The molecule has 2 aromatic carbocycles. The monoisotopic (exact) mass is 359 g/mol. The summed E-state index contributed by atoms with van der Waals surface area (Å²) in [4.78, 5) is 17.0. The Morgan fingerprint density at radius 2 is 1.96 bits per heavy atom. The van der Waals surface area contributed by atoms with E-state index in [0.717, 1.165) is 10.8 Å². The van der Waals surface area contributed by atoms with Gasteiger partial charge in [-0.3, -0.25) is 15.2 Å². The Kier molecular flexibility index (Phi) is 4.18. The summed E-state index contributed by atoms with van der Waals surface area (Å²) in [6.45, 7) is 1.52. The molecular formula is C21H17N3O3. The van der Waals surface area contributed by atoms with Crippen LogP contribution in [0, 0.1) is 12.3 Å². The van der Waals surface area contributed by atoms with Crippen molar-refractivity contribution in [3.63, 3.8) is 0 Å². The summed E-state index contributed by atoms with van der Waals surface area (Å²) in [5.74, 6) is -0.444. The quantitative estimate of drug-likeness (QED) is 0.521. The van der Waals surface area contributed by atoms with E-state index in [1.54, 1.807) is 19.2 Å². The number of fused-ring (bicyclic) bond motifs is 2. The summed E-state index contributed by atoms with van der Waals surface area (Å²) in [5.41, 5.74) is 2.03. The van der Waals surface area contributed by atoms with Gasteiger partial charge < -0.3 is 14.8 Å². The van der Waals surface area contributed by atoms with Crippen LogP contribution in [0.25, 0.3) is 21.7 Å². The molecule has 0 saturated heterocycles. The number of amides is 1. The highest BCUT2D eigenvalue weighted by Crippen LogP contribution is 2.24. The van der Waals surface area contributed by atoms with Gasteiger partial charge >= 0.3 is 0 Å². The van der Waals surface area contributed by atoms with Gasteiger partial charge in [-0.05, 0) is 24.4 Å². The zero-order chi connectivity index (χ0) is 19.0. The van der Waals surface area contributed by atoms with Crippen LogP contribution in [-0.4, -0.2) is 16.0 Å². The minimum Gasteiger partial charge on any atom is -0.436 e. The van der Waals surface area contributed by atoms with E-state index in [4.69, 9.17) is 9.83 Å². The van der Waals surface area contributed by atoms with E-state index in [1.807, 2.05) is 42.5 Å². The number of carbonyl (C=O) groups is 1. The fourth-order valence-electron chi connectivity index (χ4n) is 3.12. The summed E-state index contributed by atoms with van der Waals surface area (Å²) >= 11 is 0. The highest BCUT2D eigenvalue weighted by atomic mass is 16.3. The maximum atomic E-state index is 12.8. The van der Waals surface area contributed by atoms with Crippen molar-refractivity contribution in [1.82, 2.24) is 4.98 Å². The maximum absolute atomic E-state index is 12.8. The number of rotatable bonds is 3. The molecule has 0 spiro atoms. The molecule has 4 aromatic rings. The number of hydrogen-bond donors (Lipinski definition) is 3. The number of nitrogens with zero attached hydrogens (tertiary/aromatic N) is 1. The van der Waals surface area contributed by atoms with Gasteiger partial charge in [-0.2, -0.15) is 0 Å². The first kappa shape index (κ1) is 16.9. The summed E-state index contributed by atoms with van der Waals surface area (Å²) in [7, 11) is 0. The maximum Gasteiger partial charge on any atom is 0.261 e. The lowest BCUT2D eigenvalue weighted by Gasteiger charge is -2.10. The molecule has 0 aliphatic rings. The highest BCUT2D eigenvalue weighted by molar-refractivity contribution is 6.09. The van der Waals surface area contributed by atoms with Gasteiger partial charge in [0.15, 0.2) is 5.58 Å². The van der Waals surface area contributed by atoms with Crippen LogP contribution in [0.3, 0.4) is 0 Å². The smallest absolute Gasteiger partial charge is 0.261 e. The Labute approximate surface area is 154 Å². The van der Waals surface area contributed by atoms with Crippen LogP contribution in [0.4, 0.5) is 5.69 Å². The number of aromatic nitrogens is 1. The van der Waals surface area contributed by atoms with Crippen molar-refractivity contribution in [2.24, 2.45) is 0 Å². The van der Waals surface area contributed by atoms with Gasteiger partial charge in [0, 0.05) is 28.2 Å². The van der Waals surface area contributed by atoms with E-state index in [2.05, 4.69) is 10.3 Å². The Morgan fingerprint density at radius 1 is 1.19 bits per heavy atom. The minimum atomic E-state index is -0.444. The molecule has 6 nitrogen and oxygen atoms in total. The van der Waals surface area contributed by atoms with Crippen LogP contribution >= 0.6 is 0 Å². The van der Waals surface area contributed by atoms with Gasteiger partial charge in [0.05, 0.1) is 12.3 Å². The van der Waals surface area contributed by atoms with Gasteiger partial charge in [-0.25, -0.2) is 0 Å². The lowest BCUT2D eigenvalue weighted by Crippen LogP contribution is -2.21. The Hall–Kier alpha value is -3.51. The van der Waals surface area contributed by atoms with E-state index < -0.39 is 5.91 Å². The van der Waals surface area contributed by atoms with Crippen molar-refractivity contribution in [3.05, 3.63) is 77.1 Å². The molecule has 0 radical (unpaired) electrons. The topological polar surface area (TPSA) is 99.2 Å². The second-order valence-corrected chi connectivity index (χ2v) is 6.24. The predicted octanol–water partition coefficient (Wildman–Crippen LogP) is 3.51. The lowest BCUT2D eigenvalue weighted by atomic mass is 10.1. The molecule has 0 atom stereocenters. The molecular weight excluding hydrogens is 342 g/mol. The molecule has 134 valence electrons. The van der Waals surface area contributed by atoms with Gasteiger partial charge in [-0.15, -0.1) is 0 Å². The Bertz CT molecular complexity index is 1240. The van der Waals surface area contributed by atoms with E-state index in [1.165, 1.54) is 0 Å². The number of hydrogen-bond acceptors (Lipinski definition) is 5. The lowest BCUT2D eigenvalue weighted by molar-refractivity contribution is 0.102. The molecule has 6 heteroatoms. The third-order valence-corrected chi connectivity index (χ3v) is 4.52. The zero-order valence-corrected chi connectivity index (χ0v) is 14.6. The number of anilines is 1. The van der Waals surface area contributed by atoms with Crippen molar-refractivity contribution in [2.75, 3.05) is 5.32 Å². The van der Waals surface area contributed by atoms with Gasteiger partial charge in [0.25, 0.3) is 5.91 Å². The number of pyridine rings is 1. The van der Waals surface area contributed by atoms with Crippen LogP contribution < -0.4 is 10.9 Å². The summed E-state index contributed by atoms with van der Waals surface area (Å²) in [5, 5.41) is 23.0. The zero-order valence-electron chi connectivity index (χ0n) is 14.6. The van der Waals surface area contributed by atoms with E-state index >= 15 is 0 Å². The Balaban J connectivity index is 1.81. The standard InChI is InChI=1S/C21H17N3O3/c1-12-19-16(14(11-25)10-23-12)9-17(20(22)27-19)21(26)24-18-8-4-6-13-5-2-3-7-15(13)18/h2-10,22,25H,11H2,1H3,(H,24,26). The molecule has 0 fully saturated rings. The van der Waals surface area contributed by atoms with Crippen LogP contribution in [0.1, 0.15) is 21.6 Å². The number of aliphatic hydroxyl groups is 1.